The highest BCUT2D eigenvalue weighted by Crippen LogP contribution is 2.18. The van der Waals surface area contributed by atoms with Crippen molar-refractivity contribution in [2.24, 2.45) is 0 Å². The average molecular weight is 256 g/mol. The molecule has 1 saturated heterocycles. The standard InChI is InChI=1S/C13H15ClFNO/c1-9-5-10(7-12(15)6-9)13(17)16-4-2-3-11(14)8-16/h5-7,11H,2-4,8H2,1H3. The van der Waals surface area contributed by atoms with Crippen molar-refractivity contribution in [3.8, 4) is 0 Å². The number of halogens is 2. The zero-order chi connectivity index (χ0) is 12.4. The predicted octanol–water partition coefficient (Wildman–Crippen LogP) is 2.98. The first-order chi connectivity index (χ1) is 8.06. The van der Waals surface area contributed by atoms with E-state index in [2.05, 4.69) is 0 Å². The zero-order valence-electron chi connectivity index (χ0n) is 9.75. The Bertz CT molecular complexity index is 415. The third-order valence-corrected chi connectivity index (χ3v) is 3.30. The molecule has 1 heterocycles. The third-order valence-electron chi connectivity index (χ3n) is 2.94. The summed E-state index contributed by atoms with van der Waals surface area (Å²) in [6.45, 7) is 3.04. The summed E-state index contributed by atoms with van der Waals surface area (Å²) in [5.74, 6) is -0.495. The lowest BCUT2D eigenvalue weighted by molar-refractivity contribution is 0.0726. The minimum absolute atomic E-state index is 0.0161. The number of alkyl halides is 1. The number of likely N-dealkylation sites (tertiary alicyclic amines) is 1. The molecule has 0 N–H and O–H groups in total. The summed E-state index contributed by atoms with van der Waals surface area (Å²) in [5, 5.41) is 0.0161. The molecule has 0 saturated carbocycles. The Hall–Kier alpha value is -1.09. The largest absolute Gasteiger partial charge is 0.337 e. The quantitative estimate of drug-likeness (QED) is 0.707. The Morgan fingerprint density at radius 3 is 2.88 bits per heavy atom. The highest BCUT2D eigenvalue weighted by atomic mass is 35.5. The SMILES string of the molecule is Cc1cc(F)cc(C(=O)N2CCCC(Cl)C2)c1. The minimum Gasteiger partial charge on any atom is -0.337 e. The van der Waals surface area contributed by atoms with Crippen molar-refractivity contribution in [3.63, 3.8) is 0 Å². The van der Waals surface area contributed by atoms with E-state index in [-0.39, 0.29) is 17.1 Å². The van der Waals surface area contributed by atoms with E-state index in [1.807, 2.05) is 0 Å². The van der Waals surface area contributed by atoms with Gasteiger partial charge in [-0.2, -0.15) is 0 Å². The maximum Gasteiger partial charge on any atom is 0.254 e. The number of carbonyl (C=O) groups excluding carboxylic acids is 1. The van der Waals surface area contributed by atoms with Crippen LogP contribution in [0.2, 0.25) is 0 Å². The Balaban J connectivity index is 2.18. The lowest BCUT2D eigenvalue weighted by Gasteiger charge is -2.29. The molecule has 0 spiro atoms. The molecule has 92 valence electrons. The lowest BCUT2D eigenvalue weighted by atomic mass is 10.1. The molecule has 1 fully saturated rings. The van der Waals surface area contributed by atoms with Crippen LogP contribution in [-0.2, 0) is 0 Å². The van der Waals surface area contributed by atoms with Crippen molar-refractivity contribution in [3.05, 3.63) is 35.1 Å². The monoisotopic (exact) mass is 255 g/mol. The fourth-order valence-electron chi connectivity index (χ4n) is 2.15. The van der Waals surface area contributed by atoms with Crippen molar-refractivity contribution < 1.29 is 9.18 Å². The van der Waals surface area contributed by atoms with E-state index >= 15 is 0 Å². The Labute approximate surface area is 105 Å². The normalized spacial score (nSPS) is 20.4. The number of amides is 1. The zero-order valence-corrected chi connectivity index (χ0v) is 10.5. The number of carbonyl (C=O) groups is 1. The van der Waals surface area contributed by atoms with Gasteiger partial charge in [-0.05, 0) is 43.5 Å². The van der Waals surface area contributed by atoms with E-state index in [0.29, 0.717) is 18.7 Å². The fraction of sp³-hybridized carbons (Fsp3) is 0.462. The van der Waals surface area contributed by atoms with Gasteiger partial charge in [0.25, 0.3) is 5.91 Å². The first-order valence-electron chi connectivity index (χ1n) is 5.77. The number of benzene rings is 1. The third kappa shape index (κ3) is 2.97. The van der Waals surface area contributed by atoms with Crippen LogP contribution in [0.3, 0.4) is 0 Å². The maximum atomic E-state index is 13.2. The molecule has 1 aromatic rings. The summed E-state index contributed by atoms with van der Waals surface area (Å²) >= 11 is 6.04. The van der Waals surface area contributed by atoms with Crippen molar-refractivity contribution in [1.29, 1.82) is 0 Å². The molecule has 1 atom stereocenters. The van der Waals surface area contributed by atoms with Gasteiger partial charge in [0.2, 0.25) is 0 Å². The molecule has 17 heavy (non-hydrogen) atoms. The van der Waals surface area contributed by atoms with Gasteiger partial charge in [0, 0.05) is 18.7 Å². The van der Waals surface area contributed by atoms with Crippen LogP contribution in [0.25, 0.3) is 0 Å². The van der Waals surface area contributed by atoms with Crippen LogP contribution in [0.5, 0.6) is 0 Å². The summed E-state index contributed by atoms with van der Waals surface area (Å²) < 4.78 is 13.2. The van der Waals surface area contributed by atoms with Crippen molar-refractivity contribution >= 4 is 17.5 Å². The summed E-state index contributed by atoms with van der Waals surface area (Å²) in [5.41, 5.74) is 1.17. The number of hydrogen-bond donors (Lipinski definition) is 0. The molecule has 1 amide bonds. The number of hydrogen-bond acceptors (Lipinski definition) is 1. The fourth-order valence-corrected chi connectivity index (χ4v) is 2.47. The topological polar surface area (TPSA) is 20.3 Å². The molecule has 2 rings (SSSR count). The maximum absolute atomic E-state index is 13.2. The van der Waals surface area contributed by atoms with Gasteiger partial charge in [-0.3, -0.25) is 4.79 Å². The van der Waals surface area contributed by atoms with Crippen LogP contribution in [0.1, 0.15) is 28.8 Å². The summed E-state index contributed by atoms with van der Waals surface area (Å²) in [4.78, 5) is 13.9. The summed E-state index contributed by atoms with van der Waals surface area (Å²) in [7, 11) is 0. The number of aryl methyl sites for hydroxylation is 1. The van der Waals surface area contributed by atoms with Gasteiger partial charge in [-0.25, -0.2) is 4.39 Å². The van der Waals surface area contributed by atoms with Crippen LogP contribution >= 0.6 is 11.6 Å². The highest BCUT2D eigenvalue weighted by molar-refractivity contribution is 6.21. The van der Waals surface area contributed by atoms with Crippen LogP contribution in [0.15, 0.2) is 18.2 Å². The first kappa shape index (κ1) is 12.4. The number of nitrogens with zero attached hydrogens (tertiary/aromatic N) is 1. The van der Waals surface area contributed by atoms with Gasteiger partial charge in [0.05, 0.1) is 5.38 Å². The van der Waals surface area contributed by atoms with Crippen molar-refractivity contribution in [2.45, 2.75) is 25.1 Å². The predicted molar refractivity (Wildman–Crippen MR) is 65.9 cm³/mol. The number of rotatable bonds is 1. The van der Waals surface area contributed by atoms with Gasteiger partial charge >= 0.3 is 0 Å². The van der Waals surface area contributed by atoms with E-state index in [0.717, 1.165) is 18.4 Å². The molecular weight excluding hydrogens is 241 g/mol. The molecule has 0 radical (unpaired) electrons. The molecule has 4 heteroatoms. The first-order valence-corrected chi connectivity index (χ1v) is 6.20. The van der Waals surface area contributed by atoms with E-state index in [1.54, 1.807) is 17.9 Å². The van der Waals surface area contributed by atoms with Crippen LogP contribution in [0, 0.1) is 12.7 Å². The second-order valence-corrected chi connectivity index (χ2v) is 5.13. The molecular formula is C13H15ClFNO. The minimum atomic E-state index is -0.368. The van der Waals surface area contributed by atoms with Gasteiger partial charge in [0.15, 0.2) is 0 Å². The smallest absolute Gasteiger partial charge is 0.254 e. The van der Waals surface area contributed by atoms with Crippen molar-refractivity contribution in [2.75, 3.05) is 13.1 Å². The van der Waals surface area contributed by atoms with E-state index in [9.17, 15) is 9.18 Å². The average Bonchev–Trinajstić information content (AvgIpc) is 2.26. The molecule has 2 nitrogen and oxygen atoms in total. The van der Waals surface area contributed by atoms with Gasteiger partial charge in [0.1, 0.15) is 5.82 Å². The Morgan fingerprint density at radius 1 is 1.47 bits per heavy atom. The number of piperidine rings is 1. The molecule has 0 aliphatic carbocycles. The molecule has 0 aromatic heterocycles. The van der Waals surface area contributed by atoms with E-state index < -0.39 is 0 Å². The molecule has 1 aliphatic rings. The van der Waals surface area contributed by atoms with E-state index in [1.165, 1.54) is 12.1 Å². The Morgan fingerprint density at radius 2 is 2.24 bits per heavy atom. The summed E-state index contributed by atoms with van der Waals surface area (Å²) in [6, 6.07) is 4.41. The van der Waals surface area contributed by atoms with Crippen LogP contribution in [0.4, 0.5) is 4.39 Å². The van der Waals surface area contributed by atoms with Gasteiger partial charge in [-0.15, -0.1) is 11.6 Å². The van der Waals surface area contributed by atoms with Gasteiger partial charge in [-0.1, -0.05) is 0 Å². The molecule has 1 aliphatic heterocycles. The van der Waals surface area contributed by atoms with E-state index in [4.69, 9.17) is 11.6 Å². The van der Waals surface area contributed by atoms with Crippen LogP contribution in [-0.4, -0.2) is 29.3 Å². The second kappa shape index (κ2) is 5.05. The highest BCUT2D eigenvalue weighted by Gasteiger charge is 2.23. The Kier molecular flexibility index (Phi) is 3.67. The lowest BCUT2D eigenvalue weighted by Crippen LogP contribution is -2.40. The molecule has 0 bridgehead atoms. The molecule has 1 unspecified atom stereocenters. The van der Waals surface area contributed by atoms with Crippen molar-refractivity contribution in [1.82, 2.24) is 4.90 Å². The molecule has 1 aromatic carbocycles. The summed E-state index contributed by atoms with van der Waals surface area (Å²) in [6.07, 6.45) is 1.85. The van der Waals surface area contributed by atoms with Crippen LogP contribution < -0.4 is 0 Å². The van der Waals surface area contributed by atoms with Gasteiger partial charge < -0.3 is 4.90 Å². The second-order valence-electron chi connectivity index (χ2n) is 4.51.